The van der Waals surface area contributed by atoms with Gasteiger partial charge >= 0.3 is 5.97 Å². The fraction of sp³-hybridized carbons (Fsp3) is 0.219. The van der Waals surface area contributed by atoms with Crippen LogP contribution in [0.5, 0.6) is 17.2 Å². The molecule has 1 aromatic heterocycles. The van der Waals surface area contributed by atoms with Gasteiger partial charge in [0.05, 0.1) is 56.4 Å². The number of thiazole rings is 1. The van der Waals surface area contributed by atoms with E-state index in [0.29, 0.717) is 38.7 Å². The van der Waals surface area contributed by atoms with Crippen LogP contribution in [0.3, 0.4) is 0 Å². The molecule has 4 aromatic rings. The number of carbonyl (C=O) groups excluding carboxylic acids is 1. The number of aromatic nitrogens is 1. The van der Waals surface area contributed by atoms with Gasteiger partial charge in [-0.15, -0.1) is 0 Å². The molecule has 1 aliphatic rings. The fourth-order valence-corrected chi connectivity index (χ4v) is 8.00. The van der Waals surface area contributed by atoms with Crippen LogP contribution in [-0.2, 0) is 9.53 Å². The average Bonchev–Trinajstić information content (AvgIpc) is 3.32. The first-order chi connectivity index (χ1) is 20.8. The number of esters is 1. The van der Waals surface area contributed by atoms with Crippen LogP contribution in [0.1, 0.15) is 36.6 Å². The molecule has 222 valence electrons. The minimum Gasteiger partial charge on any atom is -0.493 e. The number of benzene rings is 3. The Labute approximate surface area is 279 Å². The molecule has 0 aliphatic carbocycles. The third-order valence-corrected chi connectivity index (χ3v) is 9.29. The standard InChI is InChI=1S/C32H28I2N2O6S/c1-5-41-29-21(33)14-18(15-22(29)34)16-25-30(37)36-28(20-12-13-23(39-3)24(17-20)40-4)26(31(38)42-6-2)27(35-32(36)43-25)19-10-8-7-9-11-19/h7-17,28H,5-6H2,1-4H3/b25-16-/t28-/m1/s1. The number of methoxy groups -OCH3 is 2. The van der Waals surface area contributed by atoms with Crippen LogP contribution in [0.2, 0.25) is 0 Å². The molecule has 1 aliphatic heterocycles. The number of fused-ring (bicyclic) bond motifs is 1. The maximum Gasteiger partial charge on any atom is 0.338 e. The van der Waals surface area contributed by atoms with Gasteiger partial charge in [-0.1, -0.05) is 47.7 Å². The van der Waals surface area contributed by atoms with Gasteiger partial charge in [-0.25, -0.2) is 9.79 Å². The van der Waals surface area contributed by atoms with E-state index in [1.54, 1.807) is 37.8 Å². The van der Waals surface area contributed by atoms with Gasteiger partial charge in [-0.3, -0.25) is 9.36 Å². The quantitative estimate of drug-likeness (QED) is 0.163. The average molecular weight is 822 g/mol. The molecule has 0 spiro atoms. The predicted molar refractivity (Wildman–Crippen MR) is 184 cm³/mol. The minimum atomic E-state index is -0.826. The molecule has 5 rings (SSSR count). The van der Waals surface area contributed by atoms with Crippen LogP contribution >= 0.6 is 56.5 Å². The first-order valence-corrected chi connectivity index (χ1v) is 16.4. The van der Waals surface area contributed by atoms with E-state index in [4.69, 9.17) is 23.9 Å². The summed E-state index contributed by atoms with van der Waals surface area (Å²) in [4.78, 5) is 33.3. The van der Waals surface area contributed by atoms with Crippen molar-refractivity contribution in [1.82, 2.24) is 4.57 Å². The molecule has 11 heteroatoms. The van der Waals surface area contributed by atoms with Gasteiger partial charge < -0.3 is 18.9 Å². The largest absolute Gasteiger partial charge is 0.493 e. The second-order valence-electron chi connectivity index (χ2n) is 9.29. The van der Waals surface area contributed by atoms with E-state index >= 15 is 0 Å². The van der Waals surface area contributed by atoms with Crippen LogP contribution in [-0.4, -0.2) is 38.0 Å². The van der Waals surface area contributed by atoms with Gasteiger partial charge in [0.15, 0.2) is 16.3 Å². The van der Waals surface area contributed by atoms with E-state index in [9.17, 15) is 9.59 Å². The van der Waals surface area contributed by atoms with E-state index in [0.717, 1.165) is 24.0 Å². The Kier molecular flexibility index (Phi) is 9.92. The third kappa shape index (κ3) is 6.25. The van der Waals surface area contributed by atoms with Crippen molar-refractivity contribution in [3.8, 4) is 17.2 Å². The summed E-state index contributed by atoms with van der Waals surface area (Å²) >= 11 is 5.76. The summed E-state index contributed by atoms with van der Waals surface area (Å²) in [5.41, 5.74) is 2.71. The molecule has 2 heterocycles. The summed E-state index contributed by atoms with van der Waals surface area (Å²) in [5.74, 6) is 1.28. The molecule has 0 amide bonds. The van der Waals surface area contributed by atoms with E-state index < -0.39 is 12.0 Å². The van der Waals surface area contributed by atoms with Gasteiger partial charge in [-0.2, -0.15) is 0 Å². The van der Waals surface area contributed by atoms with Crippen molar-refractivity contribution in [3.05, 3.63) is 110 Å². The monoisotopic (exact) mass is 822 g/mol. The number of hydrogen-bond donors (Lipinski definition) is 0. The first-order valence-electron chi connectivity index (χ1n) is 13.4. The smallest absolute Gasteiger partial charge is 0.338 e. The van der Waals surface area contributed by atoms with E-state index in [1.807, 2.05) is 61.5 Å². The summed E-state index contributed by atoms with van der Waals surface area (Å²) in [5, 5.41) is 0. The van der Waals surface area contributed by atoms with Gasteiger partial charge in [0.25, 0.3) is 5.56 Å². The summed E-state index contributed by atoms with van der Waals surface area (Å²) in [7, 11) is 3.10. The number of ether oxygens (including phenoxy) is 4. The maximum absolute atomic E-state index is 14.2. The Morgan fingerprint density at radius 1 is 0.977 bits per heavy atom. The molecule has 8 nitrogen and oxygen atoms in total. The number of rotatable bonds is 9. The fourth-order valence-electron chi connectivity index (χ4n) is 4.88. The first kappa shape index (κ1) is 31.3. The highest BCUT2D eigenvalue weighted by atomic mass is 127. The van der Waals surface area contributed by atoms with Crippen molar-refractivity contribution in [1.29, 1.82) is 0 Å². The zero-order valence-corrected chi connectivity index (χ0v) is 29.0. The zero-order valence-electron chi connectivity index (χ0n) is 23.9. The minimum absolute atomic E-state index is 0.169. The number of carbonyl (C=O) groups is 1. The molecule has 0 saturated carbocycles. The van der Waals surface area contributed by atoms with Crippen molar-refractivity contribution in [2.45, 2.75) is 19.9 Å². The second-order valence-corrected chi connectivity index (χ2v) is 12.6. The Bertz CT molecular complexity index is 1880. The van der Waals surface area contributed by atoms with Gasteiger partial charge in [0.2, 0.25) is 0 Å². The number of nitrogens with zero attached hydrogens (tertiary/aromatic N) is 2. The van der Waals surface area contributed by atoms with Crippen LogP contribution in [0.15, 0.2) is 76.0 Å². The van der Waals surface area contributed by atoms with Crippen molar-refractivity contribution >= 4 is 74.3 Å². The molecule has 1 atom stereocenters. The molecule has 0 unspecified atom stereocenters. The molecule has 0 bridgehead atoms. The van der Waals surface area contributed by atoms with Crippen LogP contribution in [0, 0.1) is 7.14 Å². The number of halogens is 2. The molecule has 43 heavy (non-hydrogen) atoms. The lowest BCUT2D eigenvalue weighted by molar-refractivity contribution is -0.138. The van der Waals surface area contributed by atoms with Crippen molar-refractivity contribution in [2.24, 2.45) is 4.99 Å². The van der Waals surface area contributed by atoms with E-state index in [1.165, 1.54) is 11.3 Å². The number of hydrogen-bond acceptors (Lipinski definition) is 8. The topological polar surface area (TPSA) is 88.4 Å². The molecule has 0 radical (unpaired) electrons. The lowest BCUT2D eigenvalue weighted by atomic mass is 9.93. The van der Waals surface area contributed by atoms with Crippen molar-refractivity contribution in [3.63, 3.8) is 0 Å². The Morgan fingerprint density at radius 2 is 1.67 bits per heavy atom. The summed E-state index contributed by atoms with van der Waals surface area (Å²) in [6, 6.07) is 18.0. The van der Waals surface area contributed by atoms with Gasteiger partial charge in [0.1, 0.15) is 5.75 Å². The Hall–Kier alpha value is -3.17. The summed E-state index contributed by atoms with van der Waals surface area (Å²) < 4.78 is 26.4. The second kappa shape index (κ2) is 13.6. The lowest BCUT2D eigenvalue weighted by Gasteiger charge is -2.26. The molecule has 0 saturated heterocycles. The van der Waals surface area contributed by atoms with E-state index in [2.05, 4.69) is 45.2 Å². The maximum atomic E-state index is 14.2. The highest BCUT2D eigenvalue weighted by molar-refractivity contribution is 14.1. The lowest BCUT2D eigenvalue weighted by Crippen LogP contribution is -2.40. The normalized spacial score (nSPS) is 14.7. The summed E-state index contributed by atoms with van der Waals surface area (Å²) in [6.45, 7) is 4.43. The molecule has 0 fully saturated rings. The molecular weight excluding hydrogens is 794 g/mol. The van der Waals surface area contributed by atoms with E-state index in [-0.39, 0.29) is 17.7 Å². The zero-order chi connectivity index (χ0) is 30.7. The van der Waals surface area contributed by atoms with Crippen molar-refractivity contribution < 1.29 is 23.7 Å². The molecule has 3 aromatic carbocycles. The summed E-state index contributed by atoms with van der Waals surface area (Å²) in [6.07, 6.45) is 1.85. The van der Waals surface area contributed by atoms with Crippen LogP contribution in [0.25, 0.3) is 11.8 Å². The third-order valence-electron chi connectivity index (χ3n) is 6.70. The highest BCUT2D eigenvalue weighted by Crippen LogP contribution is 2.38. The van der Waals surface area contributed by atoms with Crippen LogP contribution in [0.4, 0.5) is 0 Å². The van der Waals surface area contributed by atoms with Crippen LogP contribution < -0.4 is 29.1 Å². The predicted octanol–water partition coefficient (Wildman–Crippen LogP) is 5.56. The molecule has 0 N–H and O–H groups in total. The Morgan fingerprint density at radius 3 is 2.30 bits per heavy atom. The van der Waals surface area contributed by atoms with Crippen molar-refractivity contribution in [2.75, 3.05) is 27.4 Å². The highest BCUT2D eigenvalue weighted by Gasteiger charge is 2.35. The van der Waals surface area contributed by atoms with Gasteiger partial charge in [-0.05, 0) is 100 Å². The Balaban J connectivity index is 1.81. The SMILES string of the molecule is CCOC(=O)C1=C(c2ccccc2)N=c2s/c(=C\c3cc(I)c(OCC)c(I)c3)c(=O)n2[C@@H]1c1ccc(OC)c(OC)c1. The van der Waals surface area contributed by atoms with Gasteiger partial charge in [0, 0.05) is 5.56 Å². The molecular formula is C32H28I2N2O6S.